The molecule has 0 aromatic heterocycles. The molecule has 0 radical (unpaired) electrons. The van der Waals surface area contributed by atoms with E-state index in [9.17, 15) is 4.79 Å². The molecule has 0 saturated carbocycles. The average molecular weight is 334 g/mol. The Morgan fingerprint density at radius 3 is 1.25 bits per heavy atom. The van der Waals surface area contributed by atoms with Gasteiger partial charge in [0.25, 0.3) is 0 Å². The first-order chi connectivity index (χ1) is 11.8. The van der Waals surface area contributed by atoms with Gasteiger partial charge in [-0.15, -0.1) is 0 Å². The number of carbonyl (C=O) groups excluding carboxylic acids is 1. The maximum absolute atomic E-state index is 13.0. The van der Waals surface area contributed by atoms with Crippen molar-refractivity contribution in [1.82, 2.24) is 0 Å². The zero-order valence-corrected chi connectivity index (χ0v) is 14.9. The first kappa shape index (κ1) is 16.6. The predicted octanol–water partition coefficient (Wildman–Crippen LogP) is 4.12. The number of rotatable bonds is 6. The number of hydrogen-bond acceptors (Lipinski definition) is 1. The monoisotopic (exact) mass is 334 g/mol. The molecule has 0 aliphatic carbocycles. The van der Waals surface area contributed by atoms with E-state index in [4.69, 9.17) is 0 Å². The fraction of sp³-hybridized carbons (Fsp3) is 0.136. The van der Waals surface area contributed by atoms with E-state index in [-0.39, 0.29) is 0 Å². The summed E-state index contributed by atoms with van der Waals surface area (Å²) in [6.07, 6.45) is 1.81. The van der Waals surface area contributed by atoms with E-state index >= 15 is 0 Å². The molecular formula is C22H23OP. The summed E-state index contributed by atoms with van der Waals surface area (Å²) >= 11 is 0. The third-order valence-electron chi connectivity index (χ3n) is 4.96. The Bertz CT molecular complexity index is 698. The van der Waals surface area contributed by atoms with E-state index in [1.807, 2.05) is 54.6 Å². The average Bonchev–Trinajstić information content (AvgIpc) is 2.69. The summed E-state index contributed by atoms with van der Waals surface area (Å²) in [5.74, 6) is 0. The van der Waals surface area contributed by atoms with Gasteiger partial charge in [-0.25, -0.2) is 0 Å². The Hall–Kier alpha value is -2.24. The summed E-state index contributed by atoms with van der Waals surface area (Å²) in [4.78, 5) is 13.0. The van der Waals surface area contributed by atoms with Crippen LogP contribution < -0.4 is 15.9 Å². The molecule has 1 nitrogen and oxygen atoms in total. The van der Waals surface area contributed by atoms with Crippen LogP contribution in [0.5, 0.6) is 0 Å². The van der Waals surface area contributed by atoms with Crippen LogP contribution >= 0.6 is 6.60 Å². The summed E-state index contributed by atoms with van der Waals surface area (Å²) in [6.45, 7) is -0.969. The molecule has 3 aromatic carbocycles. The second-order valence-corrected chi connectivity index (χ2v) is 11.2. The predicted molar refractivity (Wildman–Crippen MR) is 107 cm³/mol. The summed E-state index contributed by atoms with van der Waals surface area (Å²) in [5.41, 5.74) is 0. The van der Waals surface area contributed by atoms with Crippen molar-refractivity contribution in [2.45, 2.75) is 13.3 Å². The van der Waals surface area contributed by atoms with Crippen LogP contribution in [0.3, 0.4) is 0 Å². The summed E-state index contributed by atoms with van der Waals surface area (Å²) in [5, 5.41) is 3.45. The molecule has 0 unspecified atom stereocenters. The molecule has 0 amide bonds. The fourth-order valence-corrected chi connectivity index (χ4v) is 9.47. The van der Waals surface area contributed by atoms with Crippen LogP contribution in [0.1, 0.15) is 13.3 Å². The molecule has 0 spiro atoms. The molecule has 2 heteroatoms. The van der Waals surface area contributed by atoms with Gasteiger partial charge in [0.1, 0.15) is 0 Å². The van der Waals surface area contributed by atoms with Crippen LogP contribution in [0.15, 0.2) is 91.0 Å². The van der Waals surface area contributed by atoms with E-state index in [1.54, 1.807) is 0 Å². The second-order valence-electron chi connectivity index (χ2n) is 6.22. The topological polar surface area (TPSA) is 17.1 Å². The molecule has 0 fully saturated rings. The van der Waals surface area contributed by atoms with E-state index in [0.29, 0.717) is 0 Å². The fourth-order valence-electron chi connectivity index (χ4n) is 3.84. The summed E-state index contributed by atoms with van der Waals surface area (Å²) in [7, 11) is 0. The van der Waals surface area contributed by atoms with E-state index in [1.165, 1.54) is 6.03 Å². The van der Waals surface area contributed by atoms with Gasteiger partial charge in [-0.2, -0.15) is 0 Å². The quantitative estimate of drug-likeness (QED) is 0.490. The van der Waals surface area contributed by atoms with Crippen molar-refractivity contribution in [2.75, 3.05) is 6.16 Å². The van der Waals surface area contributed by atoms with Crippen molar-refractivity contribution in [1.29, 1.82) is 0 Å². The third-order valence-corrected chi connectivity index (χ3v) is 11.2. The number of benzene rings is 3. The molecule has 0 N–H and O–H groups in total. The minimum atomic E-state index is -3.14. The minimum absolute atomic E-state index is 0.854. The zero-order valence-electron chi connectivity index (χ0n) is 14.0. The van der Waals surface area contributed by atoms with Gasteiger partial charge in [0.2, 0.25) is 0 Å². The number of hydrogen-bond donors (Lipinski definition) is 0. The molecule has 0 aliphatic heterocycles. The molecular weight excluding hydrogens is 311 g/mol. The van der Waals surface area contributed by atoms with Crippen LogP contribution in [-0.4, -0.2) is 12.2 Å². The van der Waals surface area contributed by atoms with Crippen molar-refractivity contribution in [2.24, 2.45) is 0 Å². The summed E-state index contributed by atoms with van der Waals surface area (Å²) < 4.78 is 0. The molecule has 0 saturated heterocycles. The van der Waals surface area contributed by atoms with Gasteiger partial charge in [-0.05, 0) is 0 Å². The zero-order chi connectivity index (χ0) is 16.9. The van der Waals surface area contributed by atoms with Crippen molar-refractivity contribution < 1.29 is 4.79 Å². The Kier molecular flexibility index (Phi) is 4.64. The Morgan fingerprint density at radius 1 is 0.667 bits per heavy atom. The number of carbonyl (C=O) groups is 1. The molecule has 3 rings (SSSR count). The van der Waals surface area contributed by atoms with Crippen molar-refractivity contribution in [3.05, 3.63) is 91.0 Å². The SMILES string of the molecule is CCCP(C=O)(c1ccccc1)(c1ccccc1)c1ccccc1. The van der Waals surface area contributed by atoms with Gasteiger partial charge in [0.05, 0.1) is 0 Å². The standard InChI is InChI=1S/C22H23OP/c1-2-18-24(19-23,20-12-6-3-7-13-20,21-14-8-4-9-15-21)22-16-10-5-11-17-22/h3-17,19H,2,18H2,1H3. The van der Waals surface area contributed by atoms with Gasteiger partial charge in [0.15, 0.2) is 0 Å². The molecule has 0 aliphatic rings. The van der Waals surface area contributed by atoms with Crippen LogP contribution in [-0.2, 0) is 4.79 Å². The van der Waals surface area contributed by atoms with Crippen molar-refractivity contribution in [3.63, 3.8) is 0 Å². The van der Waals surface area contributed by atoms with E-state index < -0.39 is 6.60 Å². The van der Waals surface area contributed by atoms with E-state index in [0.717, 1.165) is 28.5 Å². The maximum atomic E-state index is 13.0. The van der Waals surface area contributed by atoms with Crippen molar-refractivity contribution in [3.8, 4) is 0 Å². The van der Waals surface area contributed by atoms with Gasteiger partial charge in [-0.1, -0.05) is 0 Å². The van der Waals surface area contributed by atoms with Gasteiger partial charge < -0.3 is 0 Å². The van der Waals surface area contributed by atoms with Gasteiger partial charge in [-0.3, -0.25) is 0 Å². The van der Waals surface area contributed by atoms with Crippen molar-refractivity contribution >= 4 is 28.5 Å². The first-order valence-electron chi connectivity index (χ1n) is 8.42. The first-order valence-corrected chi connectivity index (χ1v) is 10.9. The van der Waals surface area contributed by atoms with E-state index in [2.05, 4.69) is 43.3 Å². The van der Waals surface area contributed by atoms with Crippen LogP contribution in [0.2, 0.25) is 0 Å². The Labute approximate surface area is 144 Å². The molecule has 3 aromatic rings. The Morgan fingerprint density at radius 2 is 1.00 bits per heavy atom. The van der Waals surface area contributed by atoms with Gasteiger partial charge >= 0.3 is 144 Å². The molecule has 122 valence electrons. The van der Waals surface area contributed by atoms with Crippen LogP contribution in [0.25, 0.3) is 0 Å². The summed E-state index contributed by atoms with van der Waals surface area (Å²) in [6, 6.07) is 32.4. The molecule has 24 heavy (non-hydrogen) atoms. The van der Waals surface area contributed by atoms with Crippen LogP contribution in [0, 0.1) is 0 Å². The molecule has 0 bridgehead atoms. The molecule has 0 heterocycles. The van der Waals surface area contributed by atoms with Crippen LogP contribution in [0.4, 0.5) is 0 Å². The van der Waals surface area contributed by atoms with Gasteiger partial charge in [0, 0.05) is 0 Å². The normalized spacial score (nSPS) is 13.0. The molecule has 0 atom stereocenters. The second kappa shape index (κ2) is 6.71. The third kappa shape index (κ3) is 2.32. The Balaban J connectivity index is 2.49.